The molecule has 1 amide bonds. The maximum atomic E-state index is 12.8. The number of rotatable bonds is 3. The van der Waals surface area contributed by atoms with E-state index in [-0.39, 0.29) is 11.8 Å². The van der Waals surface area contributed by atoms with Gasteiger partial charge in [-0.3, -0.25) is 14.4 Å². The molecule has 6 heteroatoms. The Morgan fingerprint density at radius 2 is 2.32 bits per heavy atom. The van der Waals surface area contributed by atoms with Crippen LogP contribution in [0.4, 0.5) is 5.69 Å². The average molecular weight is 316 g/mol. The summed E-state index contributed by atoms with van der Waals surface area (Å²) < 4.78 is 1.76. The zero-order valence-corrected chi connectivity index (χ0v) is 13.5. The van der Waals surface area contributed by atoms with Crippen molar-refractivity contribution in [1.82, 2.24) is 14.7 Å². The second-order valence-electron chi connectivity index (χ2n) is 6.29. The highest BCUT2D eigenvalue weighted by Gasteiger charge is 2.43. The fraction of sp³-hybridized carbons (Fsp3) is 0.500. The van der Waals surface area contributed by atoms with Gasteiger partial charge in [0.15, 0.2) is 0 Å². The molecule has 0 radical (unpaired) electrons. The largest absolute Gasteiger partial charge is 0.309 e. The number of aryl methyl sites for hydroxylation is 1. The molecule has 5 nitrogen and oxygen atoms in total. The van der Waals surface area contributed by atoms with Gasteiger partial charge in [-0.2, -0.15) is 5.10 Å². The highest BCUT2D eigenvalue weighted by Crippen LogP contribution is 2.35. The number of carbonyl (C=O) groups is 1. The van der Waals surface area contributed by atoms with Crippen LogP contribution in [0.2, 0.25) is 0 Å². The fourth-order valence-electron chi connectivity index (χ4n) is 3.69. The first kappa shape index (κ1) is 14.0. The Labute approximate surface area is 134 Å². The first-order chi connectivity index (χ1) is 10.7. The Balaban J connectivity index is 1.47. The molecule has 2 aliphatic rings. The van der Waals surface area contributed by atoms with Gasteiger partial charge in [0.05, 0.1) is 17.8 Å². The number of fused-ring (bicyclic) bond motifs is 1. The summed E-state index contributed by atoms with van der Waals surface area (Å²) in [6.07, 6.45) is 4.80. The van der Waals surface area contributed by atoms with Crippen molar-refractivity contribution in [2.75, 3.05) is 24.5 Å². The van der Waals surface area contributed by atoms with Crippen LogP contribution in [-0.4, -0.2) is 40.2 Å². The molecule has 2 aliphatic heterocycles. The average Bonchev–Trinajstić information content (AvgIpc) is 3.21. The summed E-state index contributed by atoms with van der Waals surface area (Å²) in [4.78, 5) is 18.6. The van der Waals surface area contributed by atoms with Gasteiger partial charge in [-0.05, 0) is 23.8 Å². The van der Waals surface area contributed by atoms with Crippen LogP contribution in [0.5, 0.6) is 0 Å². The predicted molar refractivity (Wildman–Crippen MR) is 86.8 cm³/mol. The number of likely N-dealkylation sites (tertiary alicyclic amines) is 1. The lowest BCUT2D eigenvalue weighted by Crippen LogP contribution is -2.45. The Kier molecular flexibility index (Phi) is 3.50. The SMILES string of the molecule is Cn1cc(N2CC[C@@H]3CN(Cc4cccs4)C[C@@H]3C2=O)cn1. The summed E-state index contributed by atoms with van der Waals surface area (Å²) >= 11 is 1.80. The minimum absolute atomic E-state index is 0.147. The Morgan fingerprint density at radius 1 is 1.41 bits per heavy atom. The van der Waals surface area contributed by atoms with E-state index in [4.69, 9.17) is 0 Å². The van der Waals surface area contributed by atoms with Gasteiger partial charge in [0.2, 0.25) is 5.91 Å². The molecule has 0 unspecified atom stereocenters. The van der Waals surface area contributed by atoms with Gasteiger partial charge >= 0.3 is 0 Å². The molecular weight excluding hydrogens is 296 g/mol. The van der Waals surface area contributed by atoms with Crippen molar-refractivity contribution in [3.05, 3.63) is 34.8 Å². The molecule has 116 valence electrons. The lowest BCUT2D eigenvalue weighted by Gasteiger charge is -2.32. The number of piperidine rings is 1. The first-order valence-electron chi connectivity index (χ1n) is 7.75. The summed E-state index contributed by atoms with van der Waals surface area (Å²) in [6, 6.07) is 4.27. The number of anilines is 1. The van der Waals surface area contributed by atoms with Gasteiger partial charge < -0.3 is 4.90 Å². The Bertz CT molecular complexity index is 666. The van der Waals surface area contributed by atoms with Crippen molar-refractivity contribution in [3.63, 3.8) is 0 Å². The van der Waals surface area contributed by atoms with Crippen molar-refractivity contribution in [2.24, 2.45) is 18.9 Å². The van der Waals surface area contributed by atoms with Gasteiger partial charge in [-0.15, -0.1) is 11.3 Å². The van der Waals surface area contributed by atoms with Crippen molar-refractivity contribution < 1.29 is 4.79 Å². The van der Waals surface area contributed by atoms with Crippen LogP contribution in [0.1, 0.15) is 11.3 Å². The lowest BCUT2D eigenvalue weighted by atomic mass is 9.88. The van der Waals surface area contributed by atoms with Crippen molar-refractivity contribution in [1.29, 1.82) is 0 Å². The van der Waals surface area contributed by atoms with E-state index < -0.39 is 0 Å². The predicted octanol–water partition coefficient (Wildman–Crippen LogP) is 1.97. The molecule has 2 saturated heterocycles. The number of hydrogen-bond acceptors (Lipinski definition) is 4. The van der Waals surface area contributed by atoms with Crippen molar-refractivity contribution in [3.8, 4) is 0 Å². The fourth-order valence-corrected chi connectivity index (χ4v) is 4.44. The molecule has 4 heterocycles. The summed E-state index contributed by atoms with van der Waals surface area (Å²) in [7, 11) is 1.89. The van der Waals surface area contributed by atoms with E-state index in [1.165, 1.54) is 4.88 Å². The number of hydrogen-bond donors (Lipinski definition) is 0. The molecule has 0 aromatic carbocycles. The smallest absolute Gasteiger partial charge is 0.231 e. The van der Waals surface area contributed by atoms with E-state index in [1.54, 1.807) is 22.2 Å². The zero-order chi connectivity index (χ0) is 15.1. The molecule has 0 saturated carbocycles. The molecule has 0 N–H and O–H groups in total. The van der Waals surface area contributed by atoms with Gasteiger partial charge in [-0.25, -0.2) is 0 Å². The maximum absolute atomic E-state index is 12.8. The summed E-state index contributed by atoms with van der Waals surface area (Å²) in [6.45, 7) is 3.73. The van der Waals surface area contributed by atoms with Crippen LogP contribution < -0.4 is 4.90 Å². The molecule has 2 fully saturated rings. The van der Waals surface area contributed by atoms with Crippen molar-refractivity contribution in [2.45, 2.75) is 13.0 Å². The van der Waals surface area contributed by atoms with Gasteiger partial charge in [0.1, 0.15) is 0 Å². The number of amides is 1. The number of thiophene rings is 1. The van der Waals surface area contributed by atoms with E-state index in [1.807, 2.05) is 18.1 Å². The first-order valence-corrected chi connectivity index (χ1v) is 8.63. The standard InChI is InChI=1S/C16H20N4OS/c1-18-9-13(7-17-18)20-5-4-12-8-19(11-15(12)16(20)21)10-14-3-2-6-22-14/h2-3,6-7,9,12,15H,4-5,8,10-11H2,1H3/t12-,15+/m1/s1. The molecule has 4 rings (SSSR count). The summed E-state index contributed by atoms with van der Waals surface area (Å²) in [5.74, 6) is 0.937. The van der Waals surface area contributed by atoms with E-state index in [0.29, 0.717) is 5.92 Å². The van der Waals surface area contributed by atoms with Crippen LogP contribution in [0.3, 0.4) is 0 Å². The van der Waals surface area contributed by atoms with E-state index in [2.05, 4.69) is 27.5 Å². The highest BCUT2D eigenvalue weighted by molar-refractivity contribution is 7.09. The van der Waals surface area contributed by atoms with Gasteiger partial charge in [0, 0.05) is 44.3 Å². The number of aromatic nitrogens is 2. The van der Waals surface area contributed by atoms with Crippen LogP contribution in [0, 0.1) is 11.8 Å². The molecule has 22 heavy (non-hydrogen) atoms. The van der Waals surface area contributed by atoms with E-state index in [9.17, 15) is 4.79 Å². The monoisotopic (exact) mass is 316 g/mol. The Morgan fingerprint density at radius 3 is 3.05 bits per heavy atom. The van der Waals surface area contributed by atoms with Crippen molar-refractivity contribution >= 4 is 22.9 Å². The second-order valence-corrected chi connectivity index (χ2v) is 7.32. The molecule has 2 aromatic heterocycles. The van der Waals surface area contributed by atoms with Gasteiger partial charge in [0.25, 0.3) is 0 Å². The third kappa shape index (κ3) is 2.46. The molecule has 0 aliphatic carbocycles. The normalized spacial score (nSPS) is 25.7. The summed E-state index contributed by atoms with van der Waals surface area (Å²) in [5.41, 5.74) is 0.933. The number of carbonyl (C=O) groups excluding carboxylic acids is 1. The maximum Gasteiger partial charge on any atom is 0.231 e. The number of nitrogens with zero attached hydrogens (tertiary/aromatic N) is 4. The molecule has 0 spiro atoms. The quantitative estimate of drug-likeness (QED) is 0.869. The Hall–Kier alpha value is -1.66. The third-order valence-corrected chi connectivity index (χ3v) is 5.65. The lowest BCUT2D eigenvalue weighted by molar-refractivity contribution is -0.124. The minimum atomic E-state index is 0.147. The molecular formula is C16H20N4OS. The third-order valence-electron chi connectivity index (χ3n) is 4.79. The van der Waals surface area contributed by atoms with Crippen LogP contribution >= 0.6 is 11.3 Å². The van der Waals surface area contributed by atoms with Crippen LogP contribution in [0.25, 0.3) is 0 Å². The molecule has 2 aromatic rings. The zero-order valence-electron chi connectivity index (χ0n) is 12.7. The minimum Gasteiger partial charge on any atom is -0.309 e. The topological polar surface area (TPSA) is 41.4 Å². The van der Waals surface area contributed by atoms with E-state index >= 15 is 0 Å². The highest BCUT2D eigenvalue weighted by atomic mass is 32.1. The molecule has 0 bridgehead atoms. The second kappa shape index (κ2) is 5.52. The van der Waals surface area contributed by atoms with Gasteiger partial charge in [-0.1, -0.05) is 6.07 Å². The van der Waals surface area contributed by atoms with Crippen LogP contribution in [0.15, 0.2) is 29.9 Å². The van der Waals surface area contributed by atoms with E-state index in [0.717, 1.165) is 38.3 Å². The summed E-state index contributed by atoms with van der Waals surface area (Å²) in [5, 5.41) is 6.31. The van der Waals surface area contributed by atoms with Crippen LogP contribution in [-0.2, 0) is 18.4 Å². The molecule has 2 atom stereocenters.